The van der Waals surface area contributed by atoms with E-state index >= 15 is 0 Å². The summed E-state index contributed by atoms with van der Waals surface area (Å²) in [7, 11) is -3.40. The normalized spacial score (nSPS) is 11.4. The fourth-order valence-corrected chi connectivity index (χ4v) is 3.91. The number of nitrogens with one attached hydrogen (secondary N) is 2. The van der Waals surface area contributed by atoms with Crippen molar-refractivity contribution in [2.45, 2.75) is 32.2 Å². The molecule has 0 spiro atoms. The number of benzene rings is 2. The van der Waals surface area contributed by atoms with Crippen LogP contribution in [0.2, 0.25) is 0 Å². The van der Waals surface area contributed by atoms with Gasteiger partial charge in [0.1, 0.15) is 5.56 Å². The van der Waals surface area contributed by atoms with Crippen molar-refractivity contribution in [3.05, 3.63) is 75.3 Å². The Bertz CT molecular complexity index is 924. The van der Waals surface area contributed by atoms with Crippen molar-refractivity contribution >= 4 is 21.6 Å². The van der Waals surface area contributed by atoms with Gasteiger partial charge in [-0.2, -0.15) is 0 Å². The van der Waals surface area contributed by atoms with E-state index in [2.05, 4.69) is 10.0 Å². The summed E-state index contributed by atoms with van der Waals surface area (Å²) < 4.78 is 26.4. The molecule has 0 unspecified atom stereocenters. The standard InChI is InChI=1S/C18H21N3O5S/c1-13(2)20-27(25,26)12-15-9-7-14(8-10-15)11-19-18(22)16-5-3-4-6-17(16)21(23)24/h3-10,13,20H,11-12H2,1-2H3,(H,19,22). The van der Waals surface area contributed by atoms with Crippen LogP contribution in [-0.2, 0) is 22.3 Å². The van der Waals surface area contributed by atoms with Crippen LogP contribution in [0.1, 0.15) is 35.3 Å². The molecular formula is C18H21N3O5S. The molecule has 0 saturated heterocycles. The first-order valence-electron chi connectivity index (χ1n) is 8.27. The van der Waals surface area contributed by atoms with Crippen molar-refractivity contribution in [3.63, 3.8) is 0 Å². The number of rotatable bonds is 8. The Kier molecular flexibility index (Phi) is 6.65. The molecule has 9 heteroatoms. The number of nitro benzene ring substituents is 1. The van der Waals surface area contributed by atoms with Crippen LogP contribution in [0.15, 0.2) is 48.5 Å². The Morgan fingerprint density at radius 2 is 1.67 bits per heavy atom. The Labute approximate surface area is 157 Å². The van der Waals surface area contributed by atoms with Gasteiger partial charge in [0.25, 0.3) is 11.6 Å². The van der Waals surface area contributed by atoms with Crippen molar-refractivity contribution in [1.29, 1.82) is 0 Å². The largest absolute Gasteiger partial charge is 0.348 e. The molecule has 0 fully saturated rings. The van der Waals surface area contributed by atoms with E-state index in [9.17, 15) is 23.3 Å². The van der Waals surface area contributed by atoms with Gasteiger partial charge < -0.3 is 5.32 Å². The van der Waals surface area contributed by atoms with Crippen LogP contribution < -0.4 is 10.0 Å². The van der Waals surface area contributed by atoms with Gasteiger partial charge in [-0.05, 0) is 31.0 Å². The Morgan fingerprint density at radius 1 is 1.07 bits per heavy atom. The second kappa shape index (κ2) is 8.74. The summed E-state index contributed by atoms with van der Waals surface area (Å²) in [5.74, 6) is -0.677. The predicted octanol–water partition coefficient (Wildman–Crippen LogP) is 2.35. The van der Waals surface area contributed by atoms with Gasteiger partial charge in [0.15, 0.2) is 0 Å². The number of hydrogen-bond donors (Lipinski definition) is 2. The summed E-state index contributed by atoms with van der Waals surface area (Å²) in [6.07, 6.45) is 0. The smallest absolute Gasteiger partial charge is 0.282 e. The molecule has 0 radical (unpaired) electrons. The third kappa shape index (κ3) is 6.15. The highest BCUT2D eigenvalue weighted by atomic mass is 32.2. The number of amides is 1. The van der Waals surface area contributed by atoms with Crippen LogP contribution >= 0.6 is 0 Å². The van der Waals surface area contributed by atoms with Crippen molar-refractivity contribution in [1.82, 2.24) is 10.0 Å². The fourth-order valence-electron chi connectivity index (χ4n) is 2.48. The van der Waals surface area contributed by atoms with Crippen LogP contribution in [0.4, 0.5) is 5.69 Å². The highest BCUT2D eigenvalue weighted by Gasteiger charge is 2.18. The van der Waals surface area contributed by atoms with E-state index in [0.717, 1.165) is 5.56 Å². The molecule has 0 saturated carbocycles. The molecular weight excluding hydrogens is 370 g/mol. The van der Waals surface area contributed by atoms with Gasteiger partial charge in [-0.3, -0.25) is 14.9 Å². The molecule has 27 heavy (non-hydrogen) atoms. The molecule has 2 N–H and O–H groups in total. The number of nitro groups is 1. The highest BCUT2D eigenvalue weighted by Crippen LogP contribution is 2.17. The Balaban J connectivity index is 1.99. The van der Waals surface area contributed by atoms with E-state index in [1.165, 1.54) is 18.2 Å². The molecule has 0 atom stereocenters. The van der Waals surface area contributed by atoms with Gasteiger partial charge in [-0.15, -0.1) is 0 Å². The zero-order valence-corrected chi connectivity index (χ0v) is 15.8. The maximum absolute atomic E-state index is 12.2. The summed E-state index contributed by atoms with van der Waals surface area (Å²) >= 11 is 0. The molecule has 2 aromatic rings. The first-order valence-corrected chi connectivity index (χ1v) is 9.92. The van der Waals surface area contributed by atoms with Gasteiger partial charge in [-0.1, -0.05) is 36.4 Å². The Hall–Kier alpha value is -2.78. The number of hydrogen-bond acceptors (Lipinski definition) is 5. The summed E-state index contributed by atoms with van der Waals surface area (Å²) in [6.45, 7) is 3.67. The third-order valence-corrected chi connectivity index (χ3v) is 5.14. The van der Waals surface area contributed by atoms with E-state index in [-0.39, 0.29) is 29.6 Å². The molecule has 2 aromatic carbocycles. The van der Waals surface area contributed by atoms with E-state index in [1.807, 2.05) is 0 Å². The van der Waals surface area contributed by atoms with E-state index < -0.39 is 20.9 Å². The molecule has 144 valence electrons. The minimum absolute atomic E-state index is 0.00928. The minimum atomic E-state index is -3.40. The topological polar surface area (TPSA) is 118 Å². The lowest BCUT2D eigenvalue weighted by Gasteiger charge is -2.10. The van der Waals surface area contributed by atoms with Crippen LogP contribution in [0, 0.1) is 10.1 Å². The molecule has 8 nitrogen and oxygen atoms in total. The van der Waals surface area contributed by atoms with E-state index in [1.54, 1.807) is 44.2 Å². The second-order valence-corrected chi connectivity index (χ2v) is 8.06. The van der Waals surface area contributed by atoms with Crippen molar-refractivity contribution in [2.75, 3.05) is 0 Å². The van der Waals surface area contributed by atoms with Gasteiger partial charge in [0.05, 0.1) is 10.7 Å². The number of carbonyl (C=O) groups excluding carboxylic acids is 1. The van der Waals surface area contributed by atoms with E-state index in [0.29, 0.717) is 5.56 Å². The third-order valence-electron chi connectivity index (χ3n) is 3.59. The van der Waals surface area contributed by atoms with Gasteiger partial charge in [0.2, 0.25) is 10.0 Å². The lowest BCUT2D eigenvalue weighted by molar-refractivity contribution is -0.385. The number of carbonyl (C=O) groups is 1. The lowest BCUT2D eigenvalue weighted by Crippen LogP contribution is -2.31. The minimum Gasteiger partial charge on any atom is -0.348 e. The van der Waals surface area contributed by atoms with Gasteiger partial charge in [0, 0.05) is 18.7 Å². The lowest BCUT2D eigenvalue weighted by atomic mass is 10.1. The summed E-state index contributed by atoms with van der Waals surface area (Å²) in [5, 5.41) is 13.6. The molecule has 0 aliphatic rings. The maximum atomic E-state index is 12.2. The van der Waals surface area contributed by atoms with Crippen molar-refractivity contribution < 1.29 is 18.1 Å². The van der Waals surface area contributed by atoms with Crippen molar-refractivity contribution in [2.24, 2.45) is 0 Å². The number of sulfonamides is 1. The SMILES string of the molecule is CC(C)NS(=O)(=O)Cc1ccc(CNC(=O)c2ccccc2[N+](=O)[O-])cc1. The molecule has 0 bridgehead atoms. The monoisotopic (exact) mass is 391 g/mol. The van der Waals surface area contributed by atoms with Crippen LogP contribution in [-0.4, -0.2) is 25.3 Å². The summed E-state index contributed by atoms with van der Waals surface area (Å²) in [5.41, 5.74) is 1.11. The highest BCUT2D eigenvalue weighted by molar-refractivity contribution is 7.88. The maximum Gasteiger partial charge on any atom is 0.282 e. The first kappa shape index (κ1) is 20.5. The number of para-hydroxylation sites is 1. The Morgan fingerprint density at radius 3 is 2.26 bits per heavy atom. The average molecular weight is 391 g/mol. The van der Waals surface area contributed by atoms with Crippen LogP contribution in [0.5, 0.6) is 0 Å². The predicted molar refractivity (Wildman–Crippen MR) is 102 cm³/mol. The van der Waals surface area contributed by atoms with Gasteiger partial charge in [-0.25, -0.2) is 13.1 Å². The molecule has 1 amide bonds. The summed E-state index contributed by atoms with van der Waals surface area (Å²) in [4.78, 5) is 22.6. The number of nitrogens with zero attached hydrogens (tertiary/aromatic N) is 1. The van der Waals surface area contributed by atoms with Gasteiger partial charge >= 0.3 is 0 Å². The van der Waals surface area contributed by atoms with Crippen LogP contribution in [0.3, 0.4) is 0 Å². The zero-order chi connectivity index (χ0) is 20.0. The summed E-state index contributed by atoms with van der Waals surface area (Å²) in [6, 6.07) is 12.3. The molecule has 0 aliphatic carbocycles. The molecule has 2 rings (SSSR count). The fraction of sp³-hybridized carbons (Fsp3) is 0.278. The molecule has 0 aliphatic heterocycles. The molecule has 0 heterocycles. The average Bonchev–Trinajstić information content (AvgIpc) is 2.59. The second-order valence-electron chi connectivity index (χ2n) is 6.31. The zero-order valence-electron chi connectivity index (χ0n) is 15.0. The van der Waals surface area contributed by atoms with Crippen LogP contribution in [0.25, 0.3) is 0 Å². The first-order chi connectivity index (χ1) is 12.7. The van der Waals surface area contributed by atoms with E-state index in [4.69, 9.17) is 0 Å². The van der Waals surface area contributed by atoms with Crippen molar-refractivity contribution in [3.8, 4) is 0 Å². The molecule has 0 aromatic heterocycles. The quantitative estimate of drug-likeness (QED) is 0.529.